The summed E-state index contributed by atoms with van der Waals surface area (Å²) < 4.78 is 0. The highest BCUT2D eigenvalue weighted by atomic mass is 35.5. The largest absolute Gasteiger partial charge is 0.388 e. The summed E-state index contributed by atoms with van der Waals surface area (Å²) in [5.74, 6) is 0.653. The molecule has 0 amide bonds. The van der Waals surface area contributed by atoms with E-state index in [1.165, 1.54) is 10.4 Å². The molecule has 0 saturated carbocycles. The first-order valence-corrected chi connectivity index (χ1v) is 15.4. The van der Waals surface area contributed by atoms with Crippen LogP contribution < -0.4 is 10.6 Å². The van der Waals surface area contributed by atoms with Crippen LogP contribution >= 0.6 is 22.9 Å². The second-order valence-corrected chi connectivity index (χ2v) is 11.8. The third kappa shape index (κ3) is 13.1. The van der Waals surface area contributed by atoms with Gasteiger partial charge in [-0.25, -0.2) is 9.97 Å². The first-order chi connectivity index (χ1) is 18.0. The summed E-state index contributed by atoms with van der Waals surface area (Å²) >= 11 is 8.15. The number of nitrogens with one attached hydrogen (secondary N) is 2. The predicted molar refractivity (Wildman–Crippen MR) is 173 cm³/mol. The Morgan fingerprint density at radius 2 is 1.74 bits per heavy atom. The first kappa shape index (κ1) is 35.9. The van der Waals surface area contributed by atoms with Crippen LogP contribution in [0.4, 0.5) is 5.95 Å². The van der Waals surface area contributed by atoms with Gasteiger partial charge in [0.2, 0.25) is 5.95 Å². The Morgan fingerprint density at radius 1 is 1.13 bits per heavy atom. The molecule has 0 aromatic carbocycles. The molecule has 2 aromatic heterocycles. The van der Waals surface area contributed by atoms with E-state index in [0.29, 0.717) is 22.4 Å². The summed E-state index contributed by atoms with van der Waals surface area (Å²) in [4.78, 5) is 11.5. The first-order valence-electron chi connectivity index (χ1n) is 14.2. The average Bonchev–Trinajstić information content (AvgIpc) is 3.33. The van der Waals surface area contributed by atoms with E-state index in [1.807, 2.05) is 20.8 Å². The van der Waals surface area contributed by atoms with Gasteiger partial charge in [-0.2, -0.15) is 0 Å². The topological polar surface area (TPSA) is 49.8 Å². The van der Waals surface area contributed by atoms with Gasteiger partial charge in [0.25, 0.3) is 0 Å². The molecule has 0 saturated heterocycles. The van der Waals surface area contributed by atoms with Crippen LogP contribution in [0, 0.1) is 5.41 Å². The summed E-state index contributed by atoms with van der Waals surface area (Å²) in [7, 11) is 0. The van der Waals surface area contributed by atoms with E-state index in [1.54, 1.807) is 17.5 Å². The lowest BCUT2D eigenvalue weighted by Gasteiger charge is -2.20. The van der Waals surface area contributed by atoms with Crippen molar-refractivity contribution in [3.63, 3.8) is 0 Å². The Morgan fingerprint density at radius 3 is 2.21 bits per heavy atom. The van der Waals surface area contributed by atoms with Gasteiger partial charge in [-0.15, -0.1) is 17.1 Å². The normalized spacial score (nSPS) is 10.5. The molecule has 0 aliphatic rings. The second-order valence-electron chi connectivity index (χ2n) is 10.3. The van der Waals surface area contributed by atoms with Crippen molar-refractivity contribution in [1.29, 1.82) is 0 Å². The highest BCUT2D eigenvalue weighted by Crippen LogP contribution is 2.37. The van der Waals surface area contributed by atoms with Gasteiger partial charge in [-0.05, 0) is 55.2 Å². The molecule has 0 bridgehead atoms. The number of halogens is 1. The van der Waals surface area contributed by atoms with E-state index >= 15 is 0 Å². The lowest BCUT2D eigenvalue weighted by molar-refractivity contribution is 0.395. The SMILES string of the molecule is C=C(CC)NCC(C)(C)C.C=C=C(C)c1cc(-c2nc(NC(CCC)CCC)ncc2Cl)sc1CC.CC. The number of anilines is 1. The van der Waals surface area contributed by atoms with Crippen LogP contribution in [0.3, 0.4) is 0 Å². The summed E-state index contributed by atoms with van der Waals surface area (Å²) in [5, 5.41) is 7.34. The van der Waals surface area contributed by atoms with Gasteiger partial charge < -0.3 is 10.6 Å². The van der Waals surface area contributed by atoms with Gasteiger partial charge >= 0.3 is 0 Å². The molecule has 0 atom stereocenters. The van der Waals surface area contributed by atoms with Crippen molar-refractivity contribution in [3.8, 4) is 10.6 Å². The van der Waals surface area contributed by atoms with Crippen LogP contribution in [0.25, 0.3) is 16.1 Å². The highest BCUT2D eigenvalue weighted by molar-refractivity contribution is 7.15. The molecule has 2 rings (SSSR count). The van der Waals surface area contributed by atoms with Crippen LogP contribution in [0.2, 0.25) is 5.02 Å². The van der Waals surface area contributed by atoms with Crippen molar-refractivity contribution >= 4 is 34.5 Å². The minimum atomic E-state index is 0.359. The predicted octanol–water partition coefficient (Wildman–Crippen LogP) is 10.6. The molecule has 0 radical (unpaired) electrons. The Labute approximate surface area is 243 Å². The van der Waals surface area contributed by atoms with Crippen molar-refractivity contribution in [2.75, 3.05) is 11.9 Å². The Kier molecular flexibility index (Phi) is 18.0. The quantitative estimate of drug-likeness (QED) is 0.253. The summed E-state index contributed by atoms with van der Waals surface area (Å²) in [6.45, 7) is 30.0. The van der Waals surface area contributed by atoms with E-state index in [9.17, 15) is 0 Å². The van der Waals surface area contributed by atoms with Gasteiger partial charge in [-0.1, -0.05) is 99.9 Å². The van der Waals surface area contributed by atoms with E-state index in [2.05, 4.69) is 89.0 Å². The molecule has 0 aliphatic heterocycles. The number of hydrogen-bond donors (Lipinski definition) is 2. The van der Waals surface area contributed by atoms with Crippen LogP contribution in [0.15, 0.2) is 36.8 Å². The van der Waals surface area contributed by atoms with Crippen LogP contribution in [-0.4, -0.2) is 22.6 Å². The van der Waals surface area contributed by atoms with Gasteiger partial charge in [0, 0.05) is 23.2 Å². The number of thiophene rings is 1. The van der Waals surface area contributed by atoms with Gasteiger partial charge in [0.15, 0.2) is 0 Å². The number of nitrogens with zero attached hydrogens (tertiary/aromatic N) is 2. The van der Waals surface area contributed by atoms with E-state index in [4.69, 9.17) is 16.6 Å². The van der Waals surface area contributed by atoms with E-state index in [0.717, 1.165) is 66.9 Å². The smallest absolute Gasteiger partial charge is 0.223 e. The van der Waals surface area contributed by atoms with E-state index < -0.39 is 0 Å². The maximum Gasteiger partial charge on any atom is 0.223 e. The zero-order valence-electron chi connectivity index (χ0n) is 25.8. The molecule has 214 valence electrons. The number of allylic oxidation sites excluding steroid dienone is 2. The molecule has 4 nitrogen and oxygen atoms in total. The Balaban J connectivity index is 0.000000962. The molecule has 0 spiro atoms. The lowest BCUT2D eigenvalue weighted by atomic mass is 9.97. The average molecular weight is 561 g/mol. The molecule has 0 fully saturated rings. The Bertz CT molecular complexity index is 1010. The lowest BCUT2D eigenvalue weighted by Crippen LogP contribution is -2.25. The van der Waals surface area contributed by atoms with Crippen LogP contribution in [-0.2, 0) is 6.42 Å². The zero-order chi connectivity index (χ0) is 29.3. The molecule has 2 aromatic rings. The van der Waals surface area contributed by atoms with Gasteiger partial charge in [0.05, 0.1) is 16.1 Å². The third-order valence-electron chi connectivity index (χ3n) is 5.68. The summed E-state index contributed by atoms with van der Waals surface area (Å²) in [6, 6.07) is 2.54. The van der Waals surface area contributed by atoms with Crippen LogP contribution in [0.5, 0.6) is 0 Å². The van der Waals surface area contributed by atoms with Crippen molar-refractivity contribution < 1.29 is 0 Å². The van der Waals surface area contributed by atoms with Crippen molar-refractivity contribution in [2.45, 2.75) is 114 Å². The summed E-state index contributed by atoms with van der Waals surface area (Å²) in [5.41, 5.74) is 7.52. The number of rotatable bonds is 12. The maximum atomic E-state index is 6.43. The second kappa shape index (κ2) is 19.1. The number of hydrogen-bond acceptors (Lipinski definition) is 5. The fourth-order valence-corrected chi connectivity index (χ4v) is 4.92. The molecule has 2 heterocycles. The van der Waals surface area contributed by atoms with Crippen molar-refractivity contribution in [1.82, 2.24) is 15.3 Å². The molecule has 38 heavy (non-hydrogen) atoms. The maximum absolute atomic E-state index is 6.43. The zero-order valence-corrected chi connectivity index (χ0v) is 27.3. The molecular formula is C32H53ClN4S. The Hall–Kier alpha value is -2.07. The fourth-order valence-electron chi connectivity index (χ4n) is 3.51. The number of aromatic nitrogens is 2. The standard InChI is InChI=1S/C21H28ClN3S.C9H19N.C2H6/c1-6-10-15(11-7-2)24-21-23-13-17(22)20(25-21)19-12-16(14(5)8-3)18(9-4)26-19;1-6-8(2)10-7-9(3,4)5;1-2/h12-13,15H,3,6-7,9-11H2,1-2,4-5H3,(H,23,24,25);10H,2,6-7H2,1,3-5H3;1-2H3. The van der Waals surface area contributed by atoms with Gasteiger partial charge in [0.1, 0.15) is 5.69 Å². The van der Waals surface area contributed by atoms with E-state index in [-0.39, 0.29) is 0 Å². The third-order valence-corrected chi connectivity index (χ3v) is 7.24. The van der Waals surface area contributed by atoms with Crippen molar-refractivity contribution in [2.24, 2.45) is 5.41 Å². The molecule has 2 N–H and O–H groups in total. The molecule has 0 aliphatic carbocycles. The van der Waals surface area contributed by atoms with Crippen LogP contribution in [0.1, 0.15) is 112 Å². The molecule has 6 heteroatoms. The molecular weight excluding hydrogens is 508 g/mol. The highest BCUT2D eigenvalue weighted by Gasteiger charge is 2.16. The van der Waals surface area contributed by atoms with Crippen molar-refractivity contribution in [3.05, 3.63) is 52.3 Å². The minimum absolute atomic E-state index is 0.359. The summed E-state index contributed by atoms with van der Waals surface area (Å²) in [6.07, 6.45) is 8.18. The minimum Gasteiger partial charge on any atom is -0.388 e. The van der Waals surface area contributed by atoms with Gasteiger partial charge in [-0.3, -0.25) is 0 Å². The number of aryl methyl sites for hydroxylation is 1. The monoisotopic (exact) mass is 560 g/mol. The fraction of sp³-hybridized carbons (Fsp3) is 0.594. The molecule has 0 unspecified atom stereocenters.